The number of piperazine rings is 2. The van der Waals surface area contributed by atoms with Crippen molar-refractivity contribution in [1.82, 2.24) is 14.5 Å². The summed E-state index contributed by atoms with van der Waals surface area (Å²) in [6, 6.07) is 34.2. The van der Waals surface area contributed by atoms with Crippen molar-refractivity contribution in [2.75, 3.05) is 67.1 Å². The van der Waals surface area contributed by atoms with E-state index in [1.54, 1.807) is 17.6 Å². The molecule has 0 spiro atoms. The number of carboxylic acids is 2. The molecule has 0 bridgehead atoms. The average Bonchev–Trinajstić information content (AvgIpc) is 3.35. The molecular formula is C52H49F3N6O6. The first-order valence-electron chi connectivity index (χ1n) is 22.1. The lowest BCUT2D eigenvalue weighted by atomic mass is 10.1. The summed E-state index contributed by atoms with van der Waals surface area (Å²) in [6.07, 6.45) is 2.47. The lowest BCUT2D eigenvalue weighted by molar-refractivity contribution is 0.0684. The summed E-state index contributed by atoms with van der Waals surface area (Å²) in [5, 5.41) is 26.7. The zero-order valence-electron chi connectivity index (χ0n) is 37.0. The van der Waals surface area contributed by atoms with Gasteiger partial charge in [0.15, 0.2) is 11.6 Å². The second-order valence-electron chi connectivity index (χ2n) is 16.2. The first-order chi connectivity index (χ1) is 32.4. The number of hydrogen-bond donors (Lipinski definition) is 3. The summed E-state index contributed by atoms with van der Waals surface area (Å²) < 4.78 is 44.5. The fraction of sp³-hybridized carbons (Fsp3) is 0.231. The number of halogens is 3. The van der Waals surface area contributed by atoms with E-state index in [-0.39, 0.29) is 21.9 Å². The fourth-order valence-corrected chi connectivity index (χ4v) is 8.92. The number of aromatic nitrogens is 2. The Labute approximate surface area is 383 Å². The molecule has 2 aliphatic rings. The number of carbonyl (C=O) groups is 2. The van der Waals surface area contributed by atoms with Gasteiger partial charge in [0, 0.05) is 117 Å². The number of rotatable bonds is 7. The van der Waals surface area contributed by atoms with Crippen molar-refractivity contribution in [2.45, 2.75) is 26.9 Å². The Hall–Kier alpha value is -7.65. The van der Waals surface area contributed by atoms with E-state index in [9.17, 15) is 33.1 Å². The predicted molar refractivity (Wildman–Crippen MR) is 259 cm³/mol. The second-order valence-corrected chi connectivity index (χ2v) is 16.2. The van der Waals surface area contributed by atoms with Crippen LogP contribution < -0.4 is 30.9 Å². The van der Waals surface area contributed by atoms with Crippen molar-refractivity contribution in [3.63, 3.8) is 0 Å². The van der Waals surface area contributed by atoms with Gasteiger partial charge in [-0.2, -0.15) is 0 Å². The van der Waals surface area contributed by atoms with Gasteiger partial charge in [-0.25, -0.2) is 22.8 Å². The van der Waals surface area contributed by atoms with Gasteiger partial charge in [0.2, 0.25) is 10.9 Å². The predicted octanol–water partition coefficient (Wildman–Crippen LogP) is 8.59. The summed E-state index contributed by atoms with van der Waals surface area (Å²) >= 11 is 0. The number of aromatic carboxylic acids is 2. The summed E-state index contributed by atoms with van der Waals surface area (Å²) in [5.74, 6) is -5.47. The Morgan fingerprint density at radius 2 is 0.910 bits per heavy atom. The number of anilines is 3. The van der Waals surface area contributed by atoms with E-state index in [1.807, 2.05) is 24.0 Å². The molecule has 0 amide bonds. The first kappa shape index (κ1) is 45.9. The van der Waals surface area contributed by atoms with Gasteiger partial charge in [-0.15, -0.1) is 0 Å². The number of fused-ring (bicyclic) bond motifs is 4. The Kier molecular flexibility index (Phi) is 13.6. The molecule has 67 heavy (non-hydrogen) atoms. The molecule has 3 N–H and O–H groups in total. The minimum Gasteiger partial charge on any atom is -0.477 e. The minimum atomic E-state index is -1.39. The van der Waals surface area contributed by atoms with Gasteiger partial charge in [-0.1, -0.05) is 72.8 Å². The maximum atomic E-state index is 15.1. The molecule has 0 aliphatic carbocycles. The van der Waals surface area contributed by atoms with Crippen LogP contribution in [0.25, 0.3) is 43.4 Å². The van der Waals surface area contributed by atoms with E-state index >= 15 is 4.39 Å². The van der Waals surface area contributed by atoms with Crippen LogP contribution >= 0.6 is 0 Å². The molecule has 2 fully saturated rings. The molecule has 0 radical (unpaired) electrons. The average molecular weight is 911 g/mol. The van der Waals surface area contributed by atoms with E-state index in [1.165, 1.54) is 49.7 Å². The summed E-state index contributed by atoms with van der Waals surface area (Å²) in [6.45, 7) is 11.5. The van der Waals surface area contributed by atoms with Gasteiger partial charge < -0.3 is 39.4 Å². The summed E-state index contributed by atoms with van der Waals surface area (Å²) in [5.41, 5.74) is 1.41. The molecule has 6 aromatic carbocycles. The van der Waals surface area contributed by atoms with Crippen LogP contribution in [0.5, 0.6) is 0 Å². The lowest BCUT2D eigenvalue weighted by Crippen LogP contribution is -2.47. The molecule has 0 saturated carbocycles. The molecule has 8 aromatic rings. The van der Waals surface area contributed by atoms with Gasteiger partial charge in [-0.3, -0.25) is 9.59 Å². The normalized spacial score (nSPS) is 13.9. The summed E-state index contributed by atoms with van der Waals surface area (Å²) in [4.78, 5) is 53.6. The first-order valence-corrected chi connectivity index (χ1v) is 22.1. The Morgan fingerprint density at radius 1 is 0.507 bits per heavy atom. The van der Waals surface area contributed by atoms with Gasteiger partial charge in [0.05, 0.1) is 16.7 Å². The molecule has 2 saturated heterocycles. The number of carboxylic acid groups (broad SMARTS) is 2. The molecule has 4 heterocycles. The van der Waals surface area contributed by atoms with Crippen LogP contribution in [0.1, 0.15) is 34.6 Å². The van der Waals surface area contributed by atoms with Crippen molar-refractivity contribution in [3.8, 4) is 0 Å². The van der Waals surface area contributed by atoms with Crippen LogP contribution in [0, 0.1) is 17.5 Å². The molecule has 10 rings (SSSR count). The van der Waals surface area contributed by atoms with E-state index in [2.05, 4.69) is 87.9 Å². The topological polar surface area (TPSA) is 140 Å². The van der Waals surface area contributed by atoms with Gasteiger partial charge in [-0.05, 0) is 55.0 Å². The molecule has 12 nitrogen and oxygen atoms in total. The van der Waals surface area contributed by atoms with E-state index in [4.69, 9.17) is 5.11 Å². The number of aryl methyl sites for hydroxylation is 2. The number of nitrogens with one attached hydrogen (secondary N) is 1. The van der Waals surface area contributed by atoms with Crippen LogP contribution in [0.3, 0.4) is 0 Å². The second kappa shape index (κ2) is 19.8. The number of pyridine rings is 2. The molecule has 2 aliphatic heterocycles. The number of hydrogen-bond acceptors (Lipinski definition) is 8. The standard InChI is InChI=1S/C26H24FN3O3.C14H16N2.C12H9F2NO3/c1-2-28-16-20(26(32)33)25(31)19-14-21(27)24(15-23(19)28)30-12-10-29(11-13-30)22-9-5-7-17-6-3-4-8-18(17)22;1-2-6-13-12(4-1)5-3-7-14(13)16-10-8-15-9-11-16;1-2-15-5-7(12(17)18)11(16)6-3-8(13)9(14)4-10(6)15/h3-9,14-16H,2,10-13H2,1H3,(H,32,33);1-7,15H,8-11H2;3-5H,2H2,1H3,(H,17,18). The largest absolute Gasteiger partial charge is 0.477 e. The number of nitrogens with zero attached hydrogens (tertiary/aromatic N) is 5. The molecule has 0 unspecified atom stereocenters. The fourth-order valence-electron chi connectivity index (χ4n) is 8.92. The maximum Gasteiger partial charge on any atom is 0.341 e. The Bertz CT molecular complexity index is 3280. The third-order valence-electron chi connectivity index (χ3n) is 12.4. The Morgan fingerprint density at radius 3 is 1.39 bits per heavy atom. The van der Waals surface area contributed by atoms with Crippen molar-refractivity contribution in [2.24, 2.45) is 0 Å². The van der Waals surface area contributed by atoms with Crippen molar-refractivity contribution in [3.05, 3.63) is 171 Å². The van der Waals surface area contributed by atoms with E-state index in [0.29, 0.717) is 37.4 Å². The molecular weight excluding hydrogens is 862 g/mol. The zero-order valence-corrected chi connectivity index (χ0v) is 37.0. The zero-order chi connectivity index (χ0) is 47.4. The van der Waals surface area contributed by atoms with Gasteiger partial charge >= 0.3 is 11.9 Å². The highest BCUT2D eigenvalue weighted by Crippen LogP contribution is 2.31. The highest BCUT2D eigenvalue weighted by molar-refractivity contribution is 5.96. The van der Waals surface area contributed by atoms with Crippen molar-refractivity contribution < 1.29 is 33.0 Å². The third-order valence-corrected chi connectivity index (χ3v) is 12.4. The van der Waals surface area contributed by atoms with Crippen LogP contribution in [-0.2, 0) is 13.1 Å². The highest BCUT2D eigenvalue weighted by atomic mass is 19.2. The Balaban J connectivity index is 0.000000150. The van der Waals surface area contributed by atoms with E-state index < -0.39 is 45.8 Å². The van der Waals surface area contributed by atoms with E-state index in [0.717, 1.165) is 57.6 Å². The van der Waals surface area contributed by atoms with Crippen LogP contribution in [0.2, 0.25) is 0 Å². The summed E-state index contributed by atoms with van der Waals surface area (Å²) in [7, 11) is 0. The smallest absolute Gasteiger partial charge is 0.341 e. The quantitative estimate of drug-likeness (QED) is 0.143. The van der Waals surface area contributed by atoms with Gasteiger partial charge in [0.1, 0.15) is 16.9 Å². The van der Waals surface area contributed by atoms with Crippen molar-refractivity contribution >= 4 is 72.4 Å². The SMILES string of the molecule is CCn1cc(C(=O)O)c(=O)c2cc(F)c(F)cc21.CCn1cc(C(=O)O)c(=O)c2cc(F)c(N3CCN(c4cccc5ccccc45)CC3)cc21.c1ccc2c(N3CCNCC3)cccc2c1. The minimum absolute atomic E-state index is 0.0902. The van der Waals surface area contributed by atoms with Crippen LogP contribution in [-0.4, -0.2) is 83.6 Å². The maximum absolute atomic E-state index is 15.1. The van der Waals surface area contributed by atoms with Gasteiger partial charge in [0.25, 0.3) is 0 Å². The third kappa shape index (κ3) is 9.41. The van der Waals surface area contributed by atoms with Crippen LogP contribution in [0.4, 0.5) is 30.2 Å². The van der Waals surface area contributed by atoms with Crippen molar-refractivity contribution in [1.29, 1.82) is 0 Å². The van der Waals surface area contributed by atoms with Crippen LogP contribution in [0.15, 0.2) is 131 Å². The monoisotopic (exact) mass is 910 g/mol. The highest BCUT2D eigenvalue weighted by Gasteiger charge is 2.24. The number of benzene rings is 6. The molecule has 2 aromatic heterocycles. The molecule has 15 heteroatoms. The molecule has 344 valence electrons. The lowest BCUT2D eigenvalue weighted by Gasteiger charge is -2.38. The molecule has 0 atom stereocenters.